The fraction of sp³-hybridized carbons (Fsp3) is 0.421. The van der Waals surface area contributed by atoms with Gasteiger partial charge < -0.3 is 19.0 Å². The van der Waals surface area contributed by atoms with E-state index in [0.717, 1.165) is 50.1 Å². The van der Waals surface area contributed by atoms with Crippen molar-refractivity contribution in [1.29, 1.82) is 0 Å². The fourth-order valence-electron chi connectivity index (χ4n) is 3.44. The highest BCUT2D eigenvalue weighted by atomic mass is 35.5. The molecule has 2 N–H and O–H groups in total. The van der Waals surface area contributed by atoms with E-state index in [1.807, 2.05) is 24.3 Å². The van der Waals surface area contributed by atoms with Gasteiger partial charge >= 0.3 is 5.97 Å². The maximum Gasteiger partial charge on any atom is 0.341 e. The van der Waals surface area contributed by atoms with E-state index in [-0.39, 0.29) is 5.97 Å². The summed E-state index contributed by atoms with van der Waals surface area (Å²) in [5, 5.41) is 0.802. The molecule has 1 saturated heterocycles. The van der Waals surface area contributed by atoms with Crippen LogP contribution in [0.1, 0.15) is 27.4 Å². The van der Waals surface area contributed by atoms with Crippen molar-refractivity contribution in [3.63, 3.8) is 0 Å². The van der Waals surface area contributed by atoms with Crippen LogP contribution in [-0.4, -0.2) is 39.3 Å². The van der Waals surface area contributed by atoms with Gasteiger partial charge in [-0.05, 0) is 19.1 Å². The number of benzene rings is 1. The van der Waals surface area contributed by atoms with E-state index in [0.29, 0.717) is 11.3 Å². The minimum atomic E-state index is -0.335. The Balaban J connectivity index is 1.52. The standard InChI is InChI=1S/C19H23ClN2O3/c1-14-18(19(23)24-2)11-17(25-14)13-22-8-6-21(7-9-22)12-15-4-3-5-16(20)10-15/h3-5,10-11H,6-9,12-13H2,1-2H3/p+2. The molecule has 0 amide bonds. The molecule has 1 aromatic heterocycles. The molecule has 2 aromatic rings. The molecule has 3 rings (SSSR count). The van der Waals surface area contributed by atoms with E-state index in [1.165, 1.54) is 17.6 Å². The van der Waals surface area contributed by atoms with Crippen molar-refractivity contribution in [2.45, 2.75) is 20.0 Å². The largest absolute Gasteiger partial charge is 0.465 e. The Morgan fingerprint density at radius 3 is 2.48 bits per heavy atom. The number of methoxy groups -OCH3 is 1. The van der Waals surface area contributed by atoms with E-state index >= 15 is 0 Å². The molecule has 2 heterocycles. The van der Waals surface area contributed by atoms with Crippen LogP contribution in [-0.2, 0) is 17.8 Å². The Morgan fingerprint density at radius 1 is 1.16 bits per heavy atom. The summed E-state index contributed by atoms with van der Waals surface area (Å²) in [6.07, 6.45) is 0. The maximum atomic E-state index is 11.7. The van der Waals surface area contributed by atoms with E-state index in [4.69, 9.17) is 20.8 Å². The van der Waals surface area contributed by atoms with Crippen molar-refractivity contribution in [3.05, 3.63) is 58.0 Å². The molecule has 25 heavy (non-hydrogen) atoms. The number of ether oxygens (including phenoxy) is 1. The fourth-order valence-corrected chi connectivity index (χ4v) is 3.65. The number of rotatable bonds is 5. The van der Waals surface area contributed by atoms with E-state index < -0.39 is 0 Å². The van der Waals surface area contributed by atoms with Gasteiger partial charge in [0.2, 0.25) is 0 Å². The predicted molar refractivity (Wildman–Crippen MR) is 95.0 cm³/mol. The molecule has 0 spiro atoms. The highest BCUT2D eigenvalue weighted by molar-refractivity contribution is 6.30. The number of hydrogen-bond donors (Lipinski definition) is 2. The first-order valence-corrected chi connectivity index (χ1v) is 9.02. The number of esters is 1. The Bertz CT molecular complexity index is 736. The lowest BCUT2D eigenvalue weighted by atomic mass is 10.2. The molecule has 0 bridgehead atoms. The number of halogens is 1. The molecule has 0 atom stereocenters. The molecular weight excluding hydrogens is 340 g/mol. The van der Waals surface area contributed by atoms with Crippen LogP contribution in [0.5, 0.6) is 0 Å². The molecule has 134 valence electrons. The number of carbonyl (C=O) groups is 1. The van der Waals surface area contributed by atoms with Gasteiger partial charge in [-0.3, -0.25) is 0 Å². The molecule has 1 aliphatic rings. The van der Waals surface area contributed by atoms with Gasteiger partial charge in [0.15, 0.2) is 5.76 Å². The smallest absolute Gasteiger partial charge is 0.341 e. The number of quaternary nitrogens is 2. The average Bonchev–Trinajstić information content (AvgIpc) is 2.96. The third-order valence-electron chi connectivity index (χ3n) is 4.81. The summed E-state index contributed by atoms with van der Waals surface area (Å²) in [6.45, 7) is 8.03. The lowest BCUT2D eigenvalue weighted by molar-refractivity contribution is -1.02. The number of hydrogen-bond acceptors (Lipinski definition) is 3. The van der Waals surface area contributed by atoms with E-state index in [1.54, 1.807) is 11.8 Å². The van der Waals surface area contributed by atoms with Crippen molar-refractivity contribution in [1.82, 2.24) is 0 Å². The van der Waals surface area contributed by atoms with Crippen LogP contribution >= 0.6 is 11.6 Å². The highest BCUT2D eigenvalue weighted by Crippen LogP contribution is 2.15. The van der Waals surface area contributed by atoms with Gasteiger partial charge in [-0.15, -0.1) is 0 Å². The molecule has 0 saturated carbocycles. The molecule has 1 fully saturated rings. The number of carbonyl (C=O) groups excluding carboxylic acids is 1. The lowest BCUT2D eigenvalue weighted by Gasteiger charge is -2.29. The first-order chi connectivity index (χ1) is 12.0. The number of aryl methyl sites for hydroxylation is 1. The topological polar surface area (TPSA) is 48.3 Å². The quantitative estimate of drug-likeness (QED) is 0.760. The maximum absolute atomic E-state index is 11.7. The summed E-state index contributed by atoms with van der Waals surface area (Å²) in [5.74, 6) is 1.15. The van der Waals surface area contributed by atoms with Crippen LogP contribution in [0.25, 0.3) is 0 Å². The molecule has 0 unspecified atom stereocenters. The molecule has 6 heteroatoms. The minimum Gasteiger partial charge on any atom is -0.465 e. The van der Waals surface area contributed by atoms with Crippen molar-refractivity contribution in [3.8, 4) is 0 Å². The van der Waals surface area contributed by atoms with Crippen LogP contribution in [0.2, 0.25) is 5.02 Å². The van der Waals surface area contributed by atoms with Crippen LogP contribution < -0.4 is 9.80 Å². The molecule has 5 nitrogen and oxygen atoms in total. The Hall–Kier alpha value is -1.82. The zero-order chi connectivity index (χ0) is 17.8. The van der Waals surface area contributed by atoms with Gasteiger partial charge in [-0.1, -0.05) is 23.7 Å². The zero-order valence-corrected chi connectivity index (χ0v) is 15.5. The summed E-state index contributed by atoms with van der Waals surface area (Å²) in [5.41, 5.74) is 1.82. The lowest BCUT2D eigenvalue weighted by Crippen LogP contribution is -3.27. The van der Waals surface area contributed by atoms with Crippen molar-refractivity contribution < 1.29 is 23.7 Å². The second-order valence-corrected chi connectivity index (χ2v) is 7.09. The van der Waals surface area contributed by atoms with Crippen LogP contribution in [0, 0.1) is 6.92 Å². The first-order valence-electron chi connectivity index (χ1n) is 8.64. The van der Waals surface area contributed by atoms with Crippen molar-refractivity contribution in [2.24, 2.45) is 0 Å². The zero-order valence-electron chi connectivity index (χ0n) is 14.7. The van der Waals surface area contributed by atoms with Crippen LogP contribution in [0.15, 0.2) is 34.7 Å². The highest BCUT2D eigenvalue weighted by Gasteiger charge is 2.25. The number of nitrogens with one attached hydrogen (secondary N) is 2. The van der Waals surface area contributed by atoms with Gasteiger partial charge in [0.25, 0.3) is 0 Å². The summed E-state index contributed by atoms with van der Waals surface area (Å²) in [4.78, 5) is 14.7. The third-order valence-corrected chi connectivity index (χ3v) is 5.04. The van der Waals surface area contributed by atoms with Gasteiger partial charge in [0, 0.05) is 16.7 Å². The Morgan fingerprint density at radius 2 is 1.84 bits per heavy atom. The predicted octanol–water partition coefficient (Wildman–Crippen LogP) is 0.512. The molecular formula is C19H25ClN2O3+2. The average molecular weight is 365 g/mol. The first kappa shape index (κ1) is 18.0. The second-order valence-electron chi connectivity index (χ2n) is 6.66. The normalized spacial score (nSPS) is 20.4. The number of furan rings is 1. The van der Waals surface area contributed by atoms with E-state index in [2.05, 4.69) is 6.07 Å². The van der Waals surface area contributed by atoms with Gasteiger partial charge in [0.1, 0.15) is 50.6 Å². The molecule has 1 aliphatic heterocycles. The van der Waals surface area contributed by atoms with Crippen LogP contribution in [0.4, 0.5) is 0 Å². The Kier molecular flexibility index (Phi) is 5.78. The van der Waals surface area contributed by atoms with Crippen LogP contribution in [0.3, 0.4) is 0 Å². The summed E-state index contributed by atoms with van der Waals surface area (Å²) < 4.78 is 10.5. The summed E-state index contributed by atoms with van der Waals surface area (Å²) in [6, 6.07) is 9.93. The molecule has 0 radical (unpaired) electrons. The van der Waals surface area contributed by atoms with Gasteiger partial charge in [0.05, 0.1) is 7.11 Å². The third kappa shape index (κ3) is 4.63. The molecule has 1 aromatic carbocycles. The van der Waals surface area contributed by atoms with Crippen molar-refractivity contribution >= 4 is 17.6 Å². The van der Waals surface area contributed by atoms with Gasteiger partial charge in [-0.2, -0.15) is 0 Å². The summed E-state index contributed by atoms with van der Waals surface area (Å²) in [7, 11) is 1.39. The molecule has 0 aliphatic carbocycles. The van der Waals surface area contributed by atoms with Gasteiger partial charge in [-0.25, -0.2) is 4.79 Å². The SMILES string of the molecule is COC(=O)c1cc(C[NH+]2CC[NH+](Cc3cccc(Cl)c3)CC2)oc1C. The van der Waals surface area contributed by atoms with E-state index in [9.17, 15) is 4.79 Å². The summed E-state index contributed by atoms with van der Waals surface area (Å²) >= 11 is 6.07. The number of piperazine rings is 1. The second kappa shape index (κ2) is 8.04. The Labute approximate surface area is 153 Å². The minimum absolute atomic E-state index is 0.335. The van der Waals surface area contributed by atoms with Crippen molar-refractivity contribution in [2.75, 3.05) is 33.3 Å². The monoisotopic (exact) mass is 364 g/mol.